The van der Waals surface area contributed by atoms with Crippen LogP contribution < -0.4 is 0 Å². The van der Waals surface area contributed by atoms with E-state index in [1.165, 1.54) is 0 Å². The molecule has 1 rings (SSSR count). The molecular formula is C4H3Cl2N3. The van der Waals surface area contributed by atoms with E-state index in [0.717, 1.165) is 0 Å². The molecule has 3 nitrogen and oxygen atoms in total. The molecular weight excluding hydrogens is 161 g/mol. The van der Waals surface area contributed by atoms with Crippen LogP contribution in [0.3, 0.4) is 0 Å². The van der Waals surface area contributed by atoms with Crippen LogP contribution in [-0.2, 0) is 0 Å². The lowest BCUT2D eigenvalue weighted by Crippen LogP contribution is -1.91. The highest BCUT2D eigenvalue weighted by Gasteiger charge is 1.97. The van der Waals surface area contributed by atoms with E-state index in [0.29, 0.717) is 10.8 Å². The van der Waals surface area contributed by atoms with Gasteiger partial charge in [0.15, 0.2) is 5.15 Å². The molecule has 5 heteroatoms. The van der Waals surface area contributed by atoms with Gasteiger partial charge < -0.3 is 0 Å². The molecule has 0 N–H and O–H groups in total. The monoisotopic (exact) mass is 163 g/mol. The highest BCUT2D eigenvalue weighted by atomic mass is 35.5. The van der Waals surface area contributed by atoms with Gasteiger partial charge >= 0.3 is 0 Å². The van der Waals surface area contributed by atoms with E-state index in [1.54, 1.807) is 6.92 Å². The van der Waals surface area contributed by atoms with Gasteiger partial charge in [-0.05, 0) is 18.5 Å². The quantitative estimate of drug-likeness (QED) is 0.582. The first-order chi connectivity index (χ1) is 4.20. The van der Waals surface area contributed by atoms with Crippen molar-refractivity contribution >= 4 is 23.2 Å². The lowest BCUT2D eigenvalue weighted by Gasteiger charge is -1.91. The summed E-state index contributed by atoms with van der Waals surface area (Å²) in [6, 6.07) is 0. The van der Waals surface area contributed by atoms with Gasteiger partial charge in [0.25, 0.3) is 0 Å². The maximum Gasteiger partial charge on any atom is 0.243 e. The van der Waals surface area contributed by atoms with E-state index >= 15 is 0 Å². The van der Waals surface area contributed by atoms with Crippen molar-refractivity contribution in [1.82, 2.24) is 15.2 Å². The Morgan fingerprint density at radius 3 is 2.33 bits per heavy atom. The molecule has 0 saturated heterocycles. The van der Waals surface area contributed by atoms with Gasteiger partial charge in [0.05, 0.1) is 5.69 Å². The number of halogens is 2. The summed E-state index contributed by atoms with van der Waals surface area (Å²) in [5.41, 5.74) is 0.594. The van der Waals surface area contributed by atoms with Gasteiger partial charge in [0.1, 0.15) is 0 Å². The van der Waals surface area contributed by atoms with Gasteiger partial charge in [0, 0.05) is 0 Å². The largest absolute Gasteiger partial charge is 0.243 e. The smallest absolute Gasteiger partial charge is 0.219 e. The molecule has 0 fully saturated rings. The lowest BCUT2D eigenvalue weighted by molar-refractivity contribution is 0.941. The first kappa shape index (κ1) is 6.71. The molecule has 0 amide bonds. The van der Waals surface area contributed by atoms with Crippen LogP contribution in [0.15, 0.2) is 0 Å². The Labute approximate surface area is 62.0 Å². The molecule has 1 aromatic rings. The van der Waals surface area contributed by atoms with Crippen molar-refractivity contribution in [3.05, 3.63) is 16.1 Å². The lowest BCUT2D eigenvalue weighted by atomic mass is 10.5. The summed E-state index contributed by atoms with van der Waals surface area (Å²) < 4.78 is 0. The van der Waals surface area contributed by atoms with Crippen molar-refractivity contribution in [3.8, 4) is 0 Å². The molecule has 0 atom stereocenters. The van der Waals surface area contributed by atoms with E-state index in [-0.39, 0.29) is 5.28 Å². The van der Waals surface area contributed by atoms with Crippen LogP contribution in [0.25, 0.3) is 0 Å². The number of aromatic nitrogens is 3. The molecule has 1 heterocycles. The Balaban J connectivity index is 3.17. The topological polar surface area (TPSA) is 38.7 Å². The third-order valence-electron chi connectivity index (χ3n) is 0.779. The summed E-state index contributed by atoms with van der Waals surface area (Å²) in [5, 5.41) is 7.32. The number of aryl methyl sites for hydroxylation is 1. The molecule has 0 spiro atoms. The zero-order chi connectivity index (χ0) is 6.85. The van der Waals surface area contributed by atoms with Crippen LogP contribution in [0, 0.1) is 6.92 Å². The van der Waals surface area contributed by atoms with Crippen molar-refractivity contribution in [1.29, 1.82) is 0 Å². The van der Waals surface area contributed by atoms with Gasteiger partial charge in [-0.3, -0.25) is 0 Å². The fourth-order valence-electron chi connectivity index (χ4n) is 0.364. The normalized spacial score (nSPS) is 9.67. The van der Waals surface area contributed by atoms with Gasteiger partial charge in [-0.15, -0.1) is 10.2 Å². The van der Waals surface area contributed by atoms with Gasteiger partial charge in [-0.25, -0.2) is 4.98 Å². The summed E-state index contributed by atoms with van der Waals surface area (Å²) in [4.78, 5) is 3.73. The van der Waals surface area contributed by atoms with Crippen molar-refractivity contribution < 1.29 is 0 Å². The van der Waals surface area contributed by atoms with Gasteiger partial charge in [0.2, 0.25) is 5.28 Å². The average molecular weight is 164 g/mol. The second kappa shape index (κ2) is 2.45. The van der Waals surface area contributed by atoms with E-state index in [2.05, 4.69) is 15.2 Å². The summed E-state index contributed by atoms with van der Waals surface area (Å²) in [6.45, 7) is 1.71. The number of rotatable bonds is 0. The molecule has 0 aliphatic rings. The Morgan fingerprint density at radius 1 is 1.22 bits per heavy atom. The Kier molecular flexibility index (Phi) is 1.83. The van der Waals surface area contributed by atoms with Crippen LogP contribution in [0.2, 0.25) is 10.4 Å². The molecule has 9 heavy (non-hydrogen) atoms. The summed E-state index contributed by atoms with van der Waals surface area (Å²) in [5.74, 6) is 0. The van der Waals surface area contributed by atoms with Crippen molar-refractivity contribution in [2.75, 3.05) is 0 Å². The molecule has 0 unspecified atom stereocenters. The van der Waals surface area contributed by atoms with E-state index in [1.807, 2.05) is 0 Å². The molecule has 48 valence electrons. The van der Waals surface area contributed by atoms with Crippen molar-refractivity contribution in [2.45, 2.75) is 6.92 Å². The highest BCUT2D eigenvalue weighted by molar-refractivity contribution is 6.30. The van der Waals surface area contributed by atoms with Gasteiger partial charge in [-0.1, -0.05) is 11.6 Å². The average Bonchev–Trinajstić information content (AvgIpc) is 1.80. The molecule has 0 aliphatic heterocycles. The van der Waals surface area contributed by atoms with Crippen LogP contribution >= 0.6 is 23.2 Å². The minimum absolute atomic E-state index is 0.122. The maximum absolute atomic E-state index is 5.49. The molecule has 0 bridgehead atoms. The maximum atomic E-state index is 5.49. The standard InChI is InChI=1S/C4H3Cl2N3/c1-2-3(5)8-9-4(6)7-2/h1H3. The molecule has 0 radical (unpaired) electrons. The van der Waals surface area contributed by atoms with Crippen LogP contribution in [0.1, 0.15) is 5.69 Å². The zero-order valence-corrected chi connectivity index (χ0v) is 6.11. The first-order valence-corrected chi connectivity index (χ1v) is 2.98. The molecule has 0 saturated carbocycles. The fourth-order valence-corrected chi connectivity index (χ4v) is 0.609. The first-order valence-electron chi connectivity index (χ1n) is 2.22. The van der Waals surface area contributed by atoms with Crippen LogP contribution in [0.5, 0.6) is 0 Å². The molecule has 0 aromatic carbocycles. The van der Waals surface area contributed by atoms with Crippen molar-refractivity contribution in [2.24, 2.45) is 0 Å². The second-order valence-electron chi connectivity index (χ2n) is 1.46. The fraction of sp³-hybridized carbons (Fsp3) is 0.250. The second-order valence-corrected chi connectivity index (χ2v) is 2.15. The predicted octanol–water partition coefficient (Wildman–Crippen LogP) is 1.49. The minimum atomic E-state index is 0.122. The SMILES string of the molecule is Cc1nc(Cl)nnc1Cl. The summed E-state index contributed by atoms with van der Waals surface area (Å²) >= 11 is 10.9. The number of hydrogen-bond donors (Lipinski definition) is 0. The highest BCUT2D eigenvalue weighted by Crippen LogP contribution is 2.08. The summed E-state index contributed by atoms with van der Waals surface area (Å²) in [7, 11) is 0. The predicted molar refractivity (Wildman–Crippen MR) is 34.6 cm³/mol. The minimum Gasteiger partial charge on any atom is -0.219 e. The molecule has 0 aliphatic carbocycles. The van der Waals surface area contributed by atoms with Crippen molar-refractivity contribution in [3.63, 3.8) is 0 Å². The van der Waals surface area contributed by atoms with E-state index < -0.39 is 0 Å². The summed E-state index contributed by atoms with van der Waals surface area (Å²) in [6.07, 6.45) is 0. The third-order valence-corrected chi connectivity index (χ3v) is 1.29. The Morgan fingerprint density at radius 2 is 1.89 bits per heavy atom. The van der Waals surface area contributed by atoms with E-state index in [9.17, 15) is 0 Å². The molecule has 1 aromatic heterocycles. The Bertz CT molecular complexity index is 225. The van der Waals surface area contributed by atoms with Crippen LogP contribution in [-0.4, -0.2) is 15.2 Å². The Hall–Kier alpha value is -0.410. The zero-order valence-electron chi connectivity index (χ0n) is 4.60. The van der Waals surface area contributed by atoms with Crippen LogP contribution in [0.4, 0.5) is 0 Å². The van der Waals surface area contributed by atoms with E-state index in [4.69, 9.17) is 23.2 Å². The number of hydrogen-bond acceptors (Lipinski definition) is 3. The third kappa shape index (κ3) is 1.50. The van der Waals surface area contributed by atoms with Gasteiger partial charge in [-0.2, -0.15) is 0 Å². The number of nitrogens with zero attached hydrogens (tertiary/aromatic N) is 3.